The fourth-order valence-corrected chi connectivity index (χ4v) is 3.76. The fourth-order valence-electron chi connectivity index (χ4n) is 3.76. The van der Waals surface area contributed by atoms with Crippen LogP contribution in [0.2, 0.25) is 0 Å². The Balaban J connectivity index is 1.65. The summed E-state index contributed by atoms with van der Waals surface area (Å²) in [6.45, 7) is 8.41. The molecule has 6 heteroatoms. The van der Waals surface area contributed by atoms with Crippen LogP contribution in [-0.4, -0.2) is 53.1 Å². The lowest BCUT2D eigenvalue weighted by Crippen LogP contribution is -2.62. The third kappa shape index (κ3) is 3.15. The summed E-state index contributed by atoms with van der Waals surface area (Å²) in [5.74, 6) is 1.41. The van der Waals surface area contributed by atoms with E-state index in [2.05, 4.69) is 14.9 Å². The summed E-state index contributed by atoms with van der Waals surface area (Å²) in [5, 5.41) is 10.3. The molecule has 1 aromatic rings. The van der Waals surface area contributed by atoms with Crippen molar-refractivity contribution in [2.75, 3.05) is 24.6 Å². The van der Waals surface area contributed by atoms with Crippen molar-refractivity contribution in [1.29, 1.82) is 0 Å². The van der Waals surface area contributed by atoms with E-state index in [1.54, 1.807) is 12.4 Å². The molecule has 23 heavy (non-hydrogen) atoms. The Bertz CT molecular complexity index is 528. The van der Waals surface area contributed by atoms with E-state index in [0.717, 1.165) is 38.2 Å². The molecule has 1 N–H and O–H groups in total. The monoisotopic (exact) mass is 321 g/mol. The van der Waals surface area contributed by atoms with Gasteiger partial charge in [0.05, 0.1) is 30.7 Å². The van der Waals surface area contributed by atoms with E-state index in [4.69, 9.17) is 9.47 Å². The van der Waals surface area contributed by atoms with Crippen molar-refractivity contribution in [2.45, 2.75) is 58.3 Å². The first-order chi connectivity index (χ1) is 11.0. The highest BCUT2D eigenvalue weighted by Gasteiger charge is 2.56. The second-order valence-electron chi connectivity index (χ2n) is 6.80. The van der Waals surface area contributed by atoms with E-state index in [9.17, 15) is 5.11 Å². The molecule has 2 fully saturated rings. The summed E-state index contributed by atoms with van der Waals surface area (Å²) in [7, 11) is 0. The number of piperidine rings is 1. The first-order valence-electron chi connectivity index (χ1n) is 8.58. The Labute approximate surface area is 137 Å². The Morgan fingerprint density at radius 3 is 2.70 bits per heavy atom. The molecule has 2 heterocycles. The molecule has 2 aliphatic rings. The van der Waals surface area contributed by atoms with Gasteiger partial charge in [0.2, 0.25) is 5.88 Å². The molecule has 3 rings (SSSR count). The van der Waals surface area contributed by atoms with Gasteiger partial charge in [0.25, 0.3) is 0 Å². The topological polar surface area (TPSA) is 67.7 Å². The molecule has 128 valence electrons. The number of aromatic nitrogens is 2. The first kappa shape index (κ1) is 16.5. The van der Waals surface area contributed by atoms with Gasteiger partial charge in [0.15, 0.2) is 5.82 Å². The van der Waals surface area contributed by atoms with E-state index in [1.807, 2.05) is 20.8 Å². The number of aliphatic hydroxyl groups excluding tert-OH is 1. The van der Waals surface area contributed by atoms with Crippen LogP contribution >= 0.6 is 0 Å². The zero-order valence-corrected chi connectivity index (χ0v) is 14.2. The molecule has 0 unspecified atom stereocenters. The minimum atomic E-state index is -0.233. The van der Waals surface area contributed by atoms with E-state index >= 15 is 0 Å². The predicted octanol–water partition coefficient (Wildman–Crippen LogP) is 2.02. The summed E-state index contributed by atoms with van der Waals surface area (Å²) in [6, 6.07) is 0. The minimum Gasteiger partial charge on any atom is -0.474 e. The van der Waals surface area contributed by atoms with Crippen LogP contribution in [0.25, 0.3) is 0 Å². The lowest BCUT2D eigenvalue weighted by Gasteiger charge is -2.56. The summed E-state index contributed by atoms with van der Waals surface area (Å²) < 4.78 is 11.4. The number of aliphatic hydroxyl groups is 1. The summed E-state index contributed by atoms with van der Waals surface area (Å²) in [5.41, 5.74) is -0.0635. The summed E-state index contributed by atoms with van der Waals surface area (Å²) in [6.07, 6.45) is 6.10. The third-order valence-corrected chi connectivity index (χ3v) is 5.08. The number of anilines is 1. The fraction of sp³-hybridized carbons (Fsp3) is 0.765. The van der Waals surface area contributed by atoms with Crippen molar-refractivity contribution in [3.8, 4) is 5.88 Å². The molecule has 1 saturated carbocycles. The van der Waals surface area contributed by atoms with E-state index in [1.165, 1.54) is 0 Å². The first-order valence-corrected chi connectivity index (χ1v) is 8.58. The highest BCUT2D eigenvalue weighted by atomic mass is 16.5. The van der Waals surface area contributed by atoms with Gasteiger partial charge >= 0.3 is 0 Å². The van der Waals surface area contributed by atoms with E-state index in [0.29, 0.717) is 12.5 Å². The summed E-state index contributed by atoms with van der Waals surface area (Å²) >= 11 is 0. The molecule has 6 nitrogen and oxygen atoms in total. The zero-order valence-electron chi connectivity index (χ0n) is 14.2. The van der Waals surface area contributed by atoms with Crippen molar-refractivity contribution >= 4 is 5.82 Å². The van der Waals surface area contributed by atoms with Gasteiger partial charge in [-0.05, 0) is 33.6 Å². The highest BCUT2D eigenvalue weighted by Crippen LogP contribution is 2.51. The molecule has 1 aliphatic heterocycles. The van der Waals surface area contributed by atoms with Gasteiger partial charge in [0, 0.05) is 31.5 Å². The predicted molar refractivity (Wildman–Crippen MR) is 87.7 cm³/mol. The minimum absolute atomic E-state index is 0.0635. The standard InChI is InChI=1S/C17H27N3O3/c1-4-22-14-9-13(21)17(14)5-7-20(8-6-17)15-10-18-11-16(19-15)23-12(2)3/h10-14,21H,4-9H2,1-3H3/t13-,14-/m0/s1. The maximum absolute atomic E-state index is 10.3. The van der Waals surface area contributed by atoms with Crippen LogP contribution in [-0.2, 0) is 4.74 Å². The van der Waals surface area contributed by atoms with Gasteiger partial charge in [-0.3, -0.25) is 4.98 Å². The van der Waals surface area contributed by atoms with Crippen LogP contribution < -0.4 is 9.64 Å². The normalized spacial score (nSPS) is 26.4. The van der Waals surface area contributed by atoms with Gasteiger partial charge in [-0.2, -0.15) is 4.98 Å². The number of hydrogen-bond donors (Lipinski definition) is 1. The van der Waals surface area contributed by atoms with Crippen molar-refractivity contribution < 1.29 is 14.6 Å². The number of rotatable bonds is 5. The smallest absolute Gasteiger partial charge is 0.234 e. The van der Waals surface area contributed by atoms with Crippen molar-refractivity contribution in [3.63, 3.8) is 0 Å². The molecule has 1 aliphatic carbocycles. The van der Waals surface area contributed by atoms with Gasteiger partial charge in [0.1, 0.15) is 0 Å². The Morgan fingerprint density at radius 2 is 2.09 bits per heavy atom. The van der Waals surface area contributed by atoms with Crippen molar-refractivity contribution in [1.82, 2.24) is 9.97 Å². The molecule has 0 radical (unpaired) electrons. The van der Waals surface area contributed by atoms with Crippen LogP contribution in [0, 0.1) is 5.41 Å². The Morgan fingerprint density at radius 1 is 1.35 bits per heavy atom. The van der Waals surface area contributed by atoms with Gasteiger partial charge in [-0.1, -0.05) is 0 Å². The van der Waals surface area contributed by atoms with Crippen LogP contribution in [0.3, 0.4) is 0 Å². The molecule has 2 atom stereocenters. The lowest BCUT2D eigenvalue weighted by molar-refractivity contribution is -0.199. The van der Waals surface area contributed by atoms with Crippen molar-refractivity contribution in [3.05, 3.63) is 12.4 Å². The zero-order chi connectivity index (χ0) is 16.4. The molecule has 1 saturated heterocycles. The molecular formula is C17H27N3O3. The van der Waals surface area contributed by atoms with E-state index in [-0.39, 0.29) is 23.7 Å². The molecule has 0 bridgehead atoms. The number of ether oxygens (including phenoxy) is 2. The lowest BCUT2D eigenvalue weighted by atomic mass is 9.58. The van der Waals surface area contributed by atoms with Gasteiger partial charge in [-0.15, -0.1) is 0 Å². The molecule has 1 spiro atoms. The molecular weight excluding hydrogens is 294 g/mol. The average molecular weight is 321 g/mol. The molecule has 1 aromatic heterocycles. The number of hydrogen-bond acceptors (Lipinski definition) is 6. The van der Waals surface area contributed by atoms with E-state index < -0.39 is 0 Å². The average Bonchev–Trinajstić information content (AvgIpc) is 2.54. The van der Waals surface area contributed by atoms with Crippen LogP contribution in [0.4, 0.5) is 5.82 Å². The van der Waals surface area contributed by atoms with Crippen molar-refractivity contribution in [2.24, 2.45) is 5.41 Å². The third-order valence-electron chi connectivity index (χ3n) is 5.08. The molecule has 0 aromatic carbocycles. The number of nitrogens with zero attached hydrogens (tertiary/aromatic N) is 3. The molecule has 0 amide bonds. The Kier molecular flexibility index (Phi) is 4.73. The van der Waals surface area contributed by atoms with Gasteiger partial charge < -0.3 is 19.5 Å². The quantitative estimate of drug-likeness (QED) is 0.895. The maximum atomic E-state index is 10.3. The summed E-state index contributed by atoms with van der Waals surface area (Å²) in [4.78, 5) is 11.0. The van der Waals surface area contributed by atoms with Crippen LogP contribution in [0.15, 0.2) is 12.4 Å². The maximum Gasteiger partial charge on any atom is 0.234 e. The van der Waals surface area contributed by atoms with Crippen LogP contribution in [0.1, 0.15) is 40.0 Å². The SMILES string of the molecule is CCO[C@H]1C[C@H](O)C12CCN(c1cncc(OC(C)C)n1)CC2. The van der Waals surface area contributed by atoms with Crippen LogP contribution in [0.5, 0.6) is 5.88 Å². The largest absolute Gasteiger partial charge is 0.474 e. The second-order valence-corrected chi connectivity index (χ2v) is 6.80. The highest BCUT2D eigenvalue weighted by molar-refractivity contribution is 5.38. The van der Waals surface area contributed by atoms with Gasteiger partial charge in [-0.25, -0.2) is 0 Å². The Hall–Kier alpha value is -1.40. The second kappa shape index (κ2) is 6.61.